The molecular formula is C20H26N4O4. The van der Waals surface area contributed by atoms with Crippen LogP contribution in [0.5, 0.6) is 0 Å². The highest BCUT2D eigenvalue weighted by Crippen LogP contribution is 2.30. The van der Waals surface area contributed by atoms with Crippen molar-refractivity contribution in [2.75, 3.05) is 26.2 Å². The molecule has 1 aromatic carbocycles. The third-order valence-corrected chi connectivity index (χ3v) is 5.86. The predicted molar refractivity (Wildman–Crippen MR) is 101 cm³/mol. The van der Waals surface area contributed by atoms with Gasteiger partial charge in [-0.3, -0.25) is 24.6 Å². The highest BCUT2D eigenvalue weighted by molar-refractivity contribution is 6.05. The van der Waals surface area contributed by atoms with Crippen molar-refractivity contribution in [1.29, 1.82) is 0 Å². The number of hydrogen-bond donors (Lipinski definition) is 3. The topological polar surface area (TPSA) is 102 Å². The second kappa shape index (κ2) is 7.98. The van der Waals surface area contributed by atoms with E-state index in [1.807, 2.05) is 18.2 Å². The summed E-state index contributed by atoms with van der Waals surface area (Å²) in [5.74, 6) is -0.806. The van der Waals surface area contributed by atoms with E-state index in [4.69, 9.17) is 0 Å². The van der Waals surface area contributed by atoms with Crippen LogP contribution >= 0.6 is 0 Å². The van der Waals surface area contributed by atoms with Gasteiger partial charge in [-0.1, -0.05) is 12.1 Å². The molecule has 0 saturated carbocycles. The van der Waals surface area contributed by atoms with Crippen LogP contribution in [-0.2, 0) is 22.7 Å². The number of benzene rings is 1. The zero-order valence-electron chi connectivity index (χ0n) is 15.8. The number of aliphatic hydroxyl groups is 1. The van der Waals surface area contributed by atoms with E-state index in [9.17, 15) is 19.5 Å². The lowest BCUT2D eigenvalue weighted by Crippen LogP contribution is -2.52. The lowest BCUT2D eigenvalue weighted by atomic mass is 10.0. The van der Waals surface area contributed by atoms with Crippen molar-refractivity contribution in [3.8, 4) is 0 Å². The quantitative estimate of drug-likeness (QED) is 0.609. The van der Waals surface area contributed by atoms with Gasteiger partial charge < -0.3 is 15.3 Å². The van der Waals surface area contributed by atoms with E-state index < -0.39 is 6.04 Å². The number of aliphatic hydroxyl groups excluding tert-OH is 1. The van der Waals surface area contributed by atoms with Gasteiger partial charge in [-0.05, 0) is 43.1 Å². The van der Waals surface area contributed by atoms with Crippen molar-refractivity contribution in [1.82, 2.24) is 20.4 Å². The zero-order chi connectivity index (χ0) is 19.7. The molecular weight excluding hydrogens is 360 g/mol. The summed E-state index contributed by atoms with van der Waals surface area (Å²) in [4.78, 5) is 40.5. The number of nitrogens with zero attached hydrogens (tertiary/aromatic N) is 2. The highest BCUT2D eigenvalue weighted by atomic mass is 16.3. The minimum absolute atomic E-state index is 0.0564. The number of piperidine rings is 1. The molecule has 1 aromatic rings. The van der Waals surface area contributed by atoms with E-state index in [0.29, 0.717) is 25.1 Å². The lowest BCUT2D eigenvalue weighted by Gasteiger charge is -2.29. The average molecular weight is 386 g/mol. The highest BCUT2D eigenvalue weighted by Gasteiger charge is 2.39. The monoisotopic (exact) mass is 386 g/mol. The number of nitrogens with one attached hydrogen (secondary N) is 2. The van der Waals surface area contributed by atoms with Gasteiger partial charge in [0, 0.05) is 37.7 Å². The second-order valence-corrected chi connectivity index (χ2v) is 7.77. The van der Waals surface area contributed by atoms with Crippen molar-refractivity contribution >= 4 is 17.7 Å². The molecule has 3 aliphatic heterocycles. The number of rotatable bonds is 4. The molecule has 0 bridgehead atoms. The Morgan fingerprint density at radius 3 is 2.86 bits per heavy atom. The fraction of sp³-hybridized carbons (Fsp3) is 0.550. The van der Waals surface area contributed by atoms with Crippen LogP contribution in [0.3, 0.4) is 0 Å². The maximum atomic E-state index is 12.9. The summed E-state index contributed by atoms with van der Waals surface area (Å²) in [5, 5.41) is 15.2. The van der Waals surface area contributed by atoms with E-state index in [-0.39, 0.29) is 36.8 Å². The van der Waals surface area contributed by atoms with Crippen molar-refractivity contribution in [2.45, 2.75) is 44.4 Å². The fourth-order valence-corrected chi connectivity index (χ4v) is 4.38. The van der Waals surface area contributed by atoms with E-state index in [2.05, 4.69) is 15.5 Å². The first-order valence-electron chi connectivity index (χ1n) is 9.89. The third kappa shape index (κ3) is 3.67. The number of hydrogen-bond acceptors (Lipinski definition) is 6. The number of fused-ring (bicyclic) bond motifs is 1. The molecule has 8 nitrogen and oxygen atoms in total. The Hall–Kier alpha value is -2.29. The summed E-state index contributed by atoms with van der Waals surface area (Å²) in [7, 11) is 0. The molecule has 0 aliphatic carbocycles. The first-order valence-corrected chi connectivity index (χ1v) is 9.89. The van der Waals surface area contributed by atoms with Crippen LogP contribution in [0.25, 0.3) is 0 Å². The van der Waals surface area contributed by atoms with Gasteiger partial charge in [0.1, 0.15) is 6.04 Å². The summed E-state index contributed by atoms with van der Waals surface area (Å²) >= 11 is 0. The number of carbonyl (C=O) groups is 3. The summed E-state index contributed by atoms with van der Waals surface area (Å²) in [6.07, 6.45) is 1.63. The Morgan fingerprint density at radius 1 is 1.21 bits per heavy atom. The number of carbonyl (C=O) groups excluding carboxylic acids is 3. The Kier molecular flexibility index (Phi) is 5.43. The minimum atomic E-state index is -0.591. The molecule has 0 aromatic heterocycles. The van der Waals surface area contributed by atoms with Crippen LogP contribution in [0.2, 0.25) is 0 Å². The van der Waals surface area contributed by atoms with Gasteiger partial charge in [-0.15, -0.1) is 0 Å². The fourth-order valence-electron chi connectivity index (χ4n) is 4.38. The Bertz CT molecular complexity index is 796. The molecule has 0 spiro atoms. The molecule has 2 atom stereocenters. The molecule has 2 saturated heterocycles. The SMILES string of the molecule is O=C1CCC(N2Cc3c(CN4CCCNC(CO)C4)cccc3C2=O)C(=O)N1. The lowest BCUT2D eigenvalue weighted by molar-refractivity contribution is -0.136. The Morgan fingerprint density at radius 2 is 2.07 bits per heavy atom. The van der Waals surface area contributed by atoms with Gasteiger partial charge in [0.25, 0.3) is 5.91 Å². The largest absolute Gasteiger partial charge is 0.395 e. The molecule has 4 rings (SSSR count). The van der Waals surface area contributed by atoms with Gasteiger partial charge in [0.2, 0.25) is 11.8 Å². The third-order valence-electron chi connectivity index (χ3n) is 5.86. The first kappa shape index (κ1) is 19.0. The summed E-state index contributed by atoms with van der Waals surface area (Å²) in [5.41, 5.74) is 2.70. The molecule has 3 amide bonds. The van der Waals surface area contributed by atoms with Gasteiger partial charge in [-0.2, -0.15) is 0 Å². The van der Waals surface area contributed by atoms with Crippen molar-refractivity contribution in [3.63, 3.8) is 0 Å². The molecule has 28 heavy (non-hydrogen) atoms. The zero-order valence-corrected chi connectivity index (χ0v) is 15.8. The van der Waals surface area contributed by atoms with Crippen molar-refractivity contribution in [3.05, 3.63) is 34.9 Å². The van der Waals surface area contributed by atoms with Crippen LogP contribution in [-0.4, -0.2) is 71.0 Å². The smallest absolute Gasteiger partial charge is 0.255 e. The van der Waals surface area contributed by atoms with Crippen LogP contribution in [0, 0.1) is 0 Å². The molecule has 3 heterocycles. The number of amides is 3. The second-order valence-electron chi connectivity index (χ2n) is 7.77. The Labute approximate surface area is 163 Å². The normalized spacial score (nSPS) is 26.2. The molecule has 3 aliphatic rings. The molecule has 3 N–H and O–H groups in total. The average Bonchev–Trinajstić information content (AvgIpc) is 2.87. The van der Waals surface area contributed by atoms with E-state index >= 15 is 0 Å². The maximum Gasteiger partial charge on any atom is 0.255 e. The Balaban J connectivity index is 1.53. The summed E-state index contributed by atoms with van der Waals surface area (Å²) in [6, 6.07) is 5.20. The van der Waals surface area contributed by atoms with Crippen LogP contribution in [0.15, 0.2) is 18.2 Å². The number of imide groups is 1. The van der Waals surface area contributed by atoms with Crippen molar-refractivity contribution < 1.29 is 19.5 Å². The first-order chi connectivity index (χ1) is 13.6. The van der Waals surface area contributed by atoms with E-state index in [1.165, 1.54) is 0 Å². The van der Waals surface area contributed by atoms with Crippen molar-refractivity contribution in [2.24, 2.45) is 0 Å². The van der Waals surface area contributed by atoms with Gasteiger partial charge in [0.15, 0.2) is 0 Å². The van der Waals surface area contributed by atoms with Crippen LogP contribution in [0.4, 0.5) is 0 Å². The van der Waals surface area contributed by atoms with E-state index in [0.717, 1.165) is 37.2 Å². The predicted octanol–water partition coefficient (Wildman–Crippen LogP) is -0.396. The van der Waals surface area contributed by atoms with Crippen LogP contribution < -0.4 is 10.6 Å². The molecule has 150 valence electrons. The van der Waals surface area contributed by atoms with Gasteiger partial charge in [0.05, 0.1) is 6.61 Å². The summed E-state index contributed by atoms with van der Waals surface area (Å²) < 4.78 is 0. The molecule has 0 radical (unpaired) electrons. The van der Waals surface area contributed by atoms with Gasteiger partial charge >= 0.3 is 0 Å². The minimum Gasteiger partial charge on any atom is -0.395 e. The summed E-state index contributed by atoms with van der Waals surface area (Å²) in [6.45, 7) is 3.77. The van der Waals surface area contributed by atoms with Gasteiger partial charge in [-0.25, -0.2) is 0 Å². The molecule has 2 fully saturated rings. The van der Waals surface area contributed by atoms with Crippen LogP contribution in [0.1, 0.15) is 40.7 Å². The molecule has 8 heteroatoms. The maximum absolute atomic E-state index is 12.9. The standard InChI is InChI=1S/C20H26N4O4/c25-12-14-10-23(8-2-7-21-14)9-13-3-1-4-15-16(13)11-24(20(15)28)17-5-6-18(26)22-19(17)27/h1,3-4,14,17,21,25H,2,5-12H2,(H,22,26,27). The van der Waals surface area contributed by atoms with E-state index in [1.54, 1.807) is 4.90 Å². The molecule has 2 unspecified atom stereocenters.